The highest BCUT2D eigenvalue weighted by Gasteiger charge is 2.31. The minimum Gasteiger partial charge on any atom is -0.495 e. The molecule has 0 radical (unpaired) electrons. The summed E-state index contributed by atoms with van der Waals surface area (Å²) >= 11 is 0. The Morgan fingerprint density at radius 2 is 1.71 bits per heavy atom. The molecule has 1 aliphatic heterocycles. The van der Waals surface area contributed by atoms with E-state index in [9.17, 15) is 14.3 Å². The van der Waals surface area contributed by atoms with Crippen LogP contribution in [0.15, 0.2) is 72.8 Å². The van der Waals surface area contributed by atoms with E-state index in [4.69, 9.17) is 14.5 Å². The van der Waals surface area contributed by atoms with Crippen molar-refractivity contribution in [3.8, 4) is 22.6 Å². The van der Waals surface area contributed by atoms with Crippen LogP contribution in [-0.2, 0) is 24.2 Å². The number of aromatic nitrogens is 1. The Labute approximate surface area is 265 Å². The standard InChI is InChI=1S/C37H42FN3O4/c1-25-30(23-34(42)43)36(41-20-18-37(2,3)19-21-41)35(32(40-25)24-39-31-7-5-6-8-33(31)44-4)27-11-15-29(16-12-27)45-22-17-26-9-13-28(38)14-10-26/h5-16,39H,17-24H2,1-4H3,(H,42,43). The van der Waals surface area contributed by atoms with Crippen LogP contribution in [0.4, 0.5) is 15.8 Å². The normalized spacial score (nSPS) is 14.2. The number of para-hydroxylation sites is 2. The van der Waals surface area contributed by atoms with Crippen molar-refractivity contribution in [2.24, 2.45) is 5.41 Å². The number of carbonyl (C=O) groups is 1. The molecule has 0 saturated carbocycles. The van der Waals surface area contributed by atoms with E-state index < -0.39 is 5.97 Å². The van der Waals surface area contributed by atoms with Gasteiger partial charge in [0, 0.05) is 36.3 Å². The lowest BCUT2D eigenvalue weighted by molar-refractivity contribution is -0.136. The third-order valence-electron chi connectivity index (χ3n) is 8.58. The van der Waals surface area contributed by atoms with Crippen molar-refractivity contribution in [2.45, 2.75) is 53.0 Å². The maximum atomic E-state index is 13.3. The number of hydrogen-bond acceptors (Lipinski definition) is 6. The van der Waals surface area contributed by atoms with Crippen molar-refractivity contribution < 1.29 is 23.8 Å². The van der Waals surface area contributed by atoms with Crippen LogP contribution >= 0.6 is 0 Å². The number of hydrogen-bond donors (Lipinski definition) is 2. The molecule has 2 heterocycles. The number of rotatable bonds is 12. The number of benzene rings is 3. The predicted molar refractivity (Wildman–Crippen MR) is 177 cm³/mol. The first-order chi connectivity index (χ1) is 21.6. The smallest absolute Gasteiger partial charge is 0.307 e. The highest BCUT2D eigenvalue weighted by atomic mass is 19.1. The monoisotopic (exact) mass is 611 g/mol. The van der Waals surface area contributed by atoms with Crippen molar-refractivity contribution in [3.63, 3.8) is 0 Å². The molecular formula is C37H42FN3O4. The molecule has 4 aromatic rings. The van der Waals surface area contributed by atoms with Crippen molar-refractivity contribution >= 4 is 17.3 Å². The molecule has 0 atom stereocenters. The second-order valence-corrected chi connectivity index (χ2v) is 12.4. The second-order valence-electron chi connectivity index (χ2n) is 12.4. The fourth-order valence-electron chi connectivity index (χ4n) is 5.89. The van der Waals surface area contributed by atoms with E-state index in [1.54, 1.807) is 19.2 Å². The molecule has 3 aromatic carbocycles. The Morgan fingerprint density at radius 1 is 1.02 bits per heavy atom. The van der Waals surface area contributed by atoms with E-state index in [0.29, 0.717) is 19.6 Å². The van der Waals surface area contributed by atoms with Gasteiger partial charge in [-0.25, -0.2) is 4.39 Å². The summed E-state index contributed by atoms with van der Waals surface area (Å²) in [5.41, 5.74) is 7.20. The number of anilines is 2. The lowest BCUT2D eigenvalue weighted by Crippen LogP contribution is -2.38. The maximum absolute atomic E-state index is 13.3. The molecule has 2 N–H and O–H groups in total. The molecular weight excluding hydrogens is 569 g/mol. The van der Waals surface area contributed by atoms with E-state index in [2.05, 4.69) is 24.1 Å². The summed E-state index contributed by atoms with van der Waals surface area (Å²) in [4.78, 5) is 19.5. The number of pyridine rings is 1. The predicted octanol–water partition coefficient (Wildman–Crippen LogP) is 7.69. The maximum Gasteiger partial charge on any atom is 0.307 e. The summed E-state index contributed by atoms with van der Waals surface area (Å²) in [5, 5.41) is 13.5. The van der Waals surface area contributed by atoms with E-state index in [-0.39, 0.29) is 17.7 Å². The highest BCUT2D eigenvalue weighted by Crippen LogP contribution is 2.42. The van der Waals surface area contributed by atoms with Gasteiger partial charge in [-0.3, -0.25) is 9.78 Å². The van der Waals surface area contributed by atoms with Crippen LogP contribution in [0.25, 0.3) is 11.1 Å². The molecule has 1 aromatic heterocycles. The van der Waals surface area contributed by atoms with Gasteiger partial charge in [-0.15, -0.1) is 0 Å². The van der Waals surface area contributed by atoms with Crippen LogP contribution in [0, 0.1) is 18.2 Å². The zero-order valence-corrected chi connectivity index (χ0v) is 26.5. The van der Waals surface area contributed by atoms with Crippen LogP contribution in [0.3, 0.4) is 0 Å². The third kappa shape index (κ3) is 7.93. The van der Waals surface area contributed by atoms with Crippen molar-refractivity contribution in [1.82, 2.24) is 4.98 Å². The quantitative estimate of drug-likeness (QED) is 0.170. The average Bonchev–Trinajstić information content (AvgIpc) is 3.02. The average molecular weight is 612 g/mol. The first-order valence-electron chi connectivity index (χ1n) is 15.5. The second kappa shape index (κ2) is 14.0. The Kier molecular flexibility index (Phi) is 9.91. The molecule has 1 aliphatic rings. The third-order valence-corrected chi connectivity index (χ3v) is 8.58. The van der Waals surface area contributed by atoms with E-state index in [1.807, 2.05) is 55.5 Å². The minimum atomic E-state index is -0.880. The summed E-state index contributed by atoms with van der Waals surface area (Å²) in [6.07, 6.45) is 2.58. The first kappa shape index (κ1) is 31.8. The molecule has 5 rings (SSSR count). The zero-order valence-electron chi connectivity index (χ0n) is 26.5. The zero-order chi connectivity index (χ0) is 32.0. The van der Waals surface area contributed by atoms with Gasteiger partial charge in [-0.2, -0.15) is 0 Å². The van der Waals surface area contributed by atoms with E-state index in [0.717, 1.165) is 82.4 Å². The lowest BCUT2D eigenvalue weighted by Gasteiger charge is -2.40. The lowest BCUT2D eigenvalue weighted by atomic mass is 9.82. The van der Waals surface area contributed by atoms with Gasteiger partial charge >= 0.3 is 5.97 Å². The molecule has 1 saturated heterocycles. The number of piperidine rings is 1. The van der Waals surface area contributed by atoms with Crippen LogP contribution in [0.1, 0.15) is 49.2 Å². The number of nitrogens with zero attached hydrogens (tertiary/aromatic N) is 2. The van der Waals surface area contributed by atoms with Gasteiger partial charge in [0.05, 0.1) is 43.8 Å². The number of nitrogens with one attached hydrogen (secondary N) is 1. The number of ether oxygens (including phenoxy) is 2. The van der Waals surface area contributed by atoms with Crippen molar-refractivity contribution in [2.75, 3.05) is 37.0 Å². The van der Waals surface area contributed by atoms with E-state index >= 15 is 0 Å². The topological polar surface area (TPSA) is 83.9 Å². The Bertz CT molecular complexity index is 1610. The Morgan fingerprint density at radius 3 is 2.38 bits per heavy atom. The van der Waals surface area contributed by atoms with Crippen LogP contribution in [-0.4, -0.2) is 42.9 Å². The number of methoxy groups -OCH3 is 1. The molecule has 1 fully saturated rings. The number of halogens is 1. The van der Waals surface area contributed by atoms with Gasteiger partial charge < -0.3 is 24.8 Å². The van der Waals surface area contributed by atoms with Gasteiger partial charge in [0.2, 0.25) is 0 Å². The molecule has 0 aliphatic carbocycles. The summed E-state index contributed by atoms with van der Waals surface area (Å²) in [6.45, 7) is 9.04. The van der Waals surface area contributed by atoms with Gasteiger partial charge in [-0.1, -0.05) is 50.2 Å². The molecule has 0 amide bonds. The summed E-state index contributed by atoms with van der Waals surface area (Å²) in [5.74, 6) is 0.326. The minimum absolute atomic E-state index is 0.105. The number of carboxylic acid groups (broad SMARTS) is 1. The molecule has 0 spiro atoms. The molecule has 0 bridgehead atoms. The van der Waals surface area contributed by atoms with Gasteiger partial charge in [0.15, 0.2) is 0 Å². The van der Waals surface area contributed by atoms with Gasteiger partial charge in [-0.05, 0) is 72.7 Å². The molecule has 7 nitrogen and oxygen atoms in total. The van der Waals surface area contributed by atoms with Crippen LogP contribution < -0.4 is 19.7 Å². The van der Waals surface area contributed by atoms with Gasteiger partial charge in [0.1, 0.15) is 17.3 Å². The largest absolute Gasteiger partial charge is 0.495 e. The van der Waals surface area contributed by atoms with Crippen molar-refractivity contribution in [1.29, 1.82) is 0 Å². The van der Waals surface area contributed by atoms with E-state index in [1.165, 1.54) is 12.1 Å². The fourth-order valence-corrected chi connectivity index (χ4v) is 5.89. The number of aliphatic carboxylic acids is 1. The van der Waals surface area contributed by atoms with Crippen molar-refractivity contribution in [3.05, 3.63) is 101 Å². The number of carboxylic acids is 1. The van der Waals surface area contributed by atoms with Gasteiger partial charge in [0.25, 0.3) is 0 Å². The fraction of sp³-hybridized carbons (Fsp3) is 0.351. The highest BCUT2D eigenvalue weighted by molar-refractivity contribution is 5.87. The Hall–Kier alpha value is -4.59. The molecule has 0 unspecified atom stereocenters. The first-order valence-corrected chi connectivity index (χ1v) is 15.5. The van der Waals surface area contributed by atoms with Crippen LogP contribution in [0.5, 0.6) is 11.5 Å². The molecule has 45 heavy (non-hydrogen) atoms. The number of aryl methyl sites for hydroxylation is 1. The summed E-state index contributed by atoms with van der Waals surface area (Å²) in [6, 6.07) is 22.1. The summed E-state index contributed by atoms with van der Waals surface area (Å²) in [7, 11) is 1.65. The SMILES string of the molecule is COc1ccccc1NCc1nc(C)c(CC(=O)O)c(N2CCC(C)(C)CC2)c1-c1ccc(OCCc2ccc(F)cc2)cc1. The molecule has 8 heteroatoms. The van der Waals surface area contributed by atoms with Crippen LogP contribution in [0.2, 0.25) is 0 Å². The molecule has 236 valence electrons. The summed E-state index contributed by atoms with van der Waals surface area (Å²) < 4.78 is 24.9. The Balaban J connectivity index is 1.52.